The van der Waals surface area contributed by atoms with Crippen LogP contribution in [0.4, 0.5) is 20.2 Å². The molecule has 0 radical (unpaired) electrons. The Hall–Kier alpha value is -3.22. The fraction of sp³-hybridized carbons (Fsp3) is 0.0435. The van der Waals surface area contributed by atoms with Gasteiger partial charge >= 0.3 is 0 Å². The second-order valence-electron chi connectivity index (χ2n) is 6.89. The topological polar surface area (TPSA) is 49.4 Å². The molecule has 0 saturated heterocycles. The first kappa shape index (κ1) is 21.0. The van der Waals surface area contributed by atoms with Crippen LogP contribution >= 0.6 is 23.2 Å². The second-order valence-corrected chi connectivity index (χ2v) is 7.76. The smallest absolute Gasteiger partial charge is 0.282 e. The highest BCUT2D eigenvalue weighted by Gasteiger charge is 2.40. The number of carbonyl (C=O) groups excluding carboxylic acids is 2. The van der Waals surface area contributed by atoms with Crippen molar-refractivity contribution in [2.24, 2.45) is 0 Å². The van der Waals surface area contributed by atoms with Crippen molar-refractivity contribution < 1.29 is 18.4 Å². The first-order valence-corrected chi connectivity index (χ1v) is 9.89. The molecule has 0 atom stereocenters. The zero-order chi connectivity index (χ0) is 22.3. The largest absolute Gasteiger partial charge is 0.350 e. The summed E-state index contributed by atoms with van der Waals surface area (Å²) in [5.41, 5.74) is 1.74. The zero-order valence-electron chi connectivity index (χ0n) is 16.0. The molecular weight excluding hydrogens is 445 g/mol. The van der Waals surface area contributed by atoms with E-state index >= 15 is 0 Å². The van der Waals surface area contributed by atoms with E-state index < -0.39 is 23.4 Å². The number of hydrogen-bond donors (Lipinski definition) is 1. The van der Waals surface area contributed by atoms with E-state index in [1.165, 1.54) is 6.07 Å². The maximum Gasteiger partial charge on any atom is 0.282 e. The van der Waals surface area contributed by atoms with Crippen LogP contribution in [0.15, 0.2) is 66.4 Å². The number of nitrogens with zero attached hydrogens (tertiary/aromatic N) is 1. The Kier molecular flexibility index (Phi) is 5.52. The van der Waals surface area contributed by atoms with Crippen LogP contribution in [0, 0.1) is 18.6 Å². The minimum absolute atomic E-state index is 0.0116. The molecule has 3 aromatic carbocycles. The summed E-state index contributed by atoms with van der Waals surface area (Å²) in [6.07, 6.45) is 0. The summed E-state index contributed by atoms with van der Waals surface area (Å²) in [5, 5.41) is 3.90. The van der Waals surface area contributed by atoms with Crippen LogP contribution in [0.1, 0.15) is 11.1 Å². The quantitative estimate of drug-likeness (QED) is 0.489. The summed E-state index contributed by atoms with van der Waals surface area (Å²) < 4.78 is 27.2. The van der Waals surface area contributed by atoms with E-state index in [-0.39, 0.29) is 17.0 Å². The third-order valence-corrected chi connectivity index (χ3v) is 5.32. The average molecular weight is 459 g/mol. The molecule has 1 aliphatic rings. The average Bonchev–Trinajstić information content (AvgIpc) is 2.97. The maximum atomic E-state index is 13.8. The maximum absolute atomic E-state index is 13.8. The van der Waals surface area contributed by atoms with E-state index in [4.69, 9.17) is 23.2 Å². The molecular formula is C23H14Cl2F2N2O2. The summed E-state index contributed by atoms with van der Waals surface area (Å²) in [6.45, 7) is 1.82. The summed E-state index contributed by atoms with van der Waals surface area (Å²) in [4.78, 5) is 27.4. The van der Waals surface area contributed by atoms with Crippen molar-refractivity contribution >= 4 is 52.0 Å². The SMILES string of the molecule is Cc1ccc(Cl)cc1NC1=C(c2ccc(Cl)cc2)C(=O)N(c2ccc(F)c(F)c2)C1=O. The van der Waals surface area contributed by atoms with Gasteiger partial charge in [0.1, 0.15) is 5.70 Å². The molecule has 0 aliphatic carbocycles. The third kappa shape index (κ3) is 3.92. The van der Waals surface area contributed by atoms with Crippen molar-refractivity contribution in [1.29, 1.82) is 0 Å². The highest BCUT2D eigenvalue weighted by molar-refractivity contribution is 6.46. The molecule has 0 aromatic heterocycles. The van der Waals surface area contributed by atoms with E-state index in [1.54, 1.807) is 42.5 Å². The van der Waals surface area contributed by atoms with E-state index in [2.05, 4.69) is 5.32 Å². The van der Waals surface area contributed by atoms with E-state index in [1.807, 2.05) is 6.92 Å². The van der Waals surface area contributed by atoms with Gasteiger partial charge in [-0.3, -0.25) is 9.59 Å². The molecule has 0 unspecified atom stereocenters. The van der Waals surface area contributed by atoms with Crippen molar-refractivity contribution in [3.63, 3.8) is 0 Å². The van der Waals surface area contributed by atoms with Gasteiger partial charge in [0.05, 0.1) is 11.3 Å². The fourth-order valence-corrected chi connectivity index (χ4v) is 3.55. The highest BCUT2D eigenvalue weighted by atomic mass is 35.5. The Morgan fingerprint density at radius 2 is 1.48 bits per heavy atom. The number of benzene rings is 3. The lowest BCUT2D eigenvalue weighted by molar-refractivity contribution is -0.120. The second kappa shape index (κ2) is 8.13. The molecule has 0 bridgehead atoms. The van der Waals surface area contributed by atoms with Crippen LogP contribution in [0.3, 0.4) is 0 Å². The van der Waals surface area contributed by atoms with Crippen molar-refractivity contribution in [2.75, 3.05) is 10.2 Å². The van der Waals surface area contributed by atoms with Gasteiger partial charge < -0.3 is 5.32 Å². The van der Waals surface area contributed by atoms with E-state index in [0.29, 0.717) is 21.3 Å². The number of rotatable bonds is 4. The van der Waals surface area contributed by atoms with E-state index in [9.17, 15) is 18.4 Å². The molecule has 0 fully saturated rings. The van der Waals surface area contributed by atoms with Crippen molar-refractivity contribution in [3.05, 3.63) is 99.2 Å². The molecule has 0 saturated carbocycles. The van der Waals surface area contributed by atoms with Gasteiger partial charge in [-0.1, -0.05) is 41.4 Å². The van der Waals surface area contributed by atoms with Gasteiger partial charge in [0.15, 0.2) is 11.6 Å². The molecule has 31 heavy (non-hydrogen) atoms. The molecule has 2 amide bonds. The minimum Gasteiger partial charge on any atom is -0.350 e. The minimum atomic E-state index is -1.17. The van der Waals surface area contributed by atoms with Gasteiger partial charge in [-0.25, -0.2) is 13.7 Å². The number of aryl methyl sites for hydroxylation is 1. The molecule has 1 aliphatic heterocycles. The van der Waals surface area contributed by atoms with Crippen LogP contribution in [0.25, 0.3) is 5.57 Å². The number of carbonyl (C=O) groups is 2. The normalized spacial score (nSPS) is 13.9. The molecule has 3 aromatic rings. The molecule has 1 N–H and O–H groups in total. The van der Waals surface area contributed by atoms with Crippen molar-refractivity contribution in [3.8, 4) is 0 Å². The van der Waals surface area contributed by atoms with Crippen LogP contribution < -0.4 is 10.2 Å². The zero-order valence-corrected chi connectivity index (χ0v) is 17.6. The lowest BCUT2D eigenvalue weighted by Crippen LogP contribution is -2.32. The monoisotopic (exact) mass is 458 g/mol. The number of anilines is 2. The standard InChI is InChI=1S/C23H14Cl2F2N2O2/c1-12-2-5-15(25)10-19(12)28-21-20(13-3-6-14(24)7-4-13)22(30)29(23(21)31)16-8-9-17(26)18(27)11-16/h2-11,28H,1H3. The summed E-state index contributed by atoms with van der Waals surface area (Å²) in [6, 6.07) is 14.3. The summed E-state index contributed by atoms with van der Waals surface area (Å²) in [7, 11) is 0. The Balaban J connectivity index is 1.85. The number of hydrogen-bond acceptors (Lipinski definition) is 3. The van der Waals surface area contributed by atoms with Crippen LogP contribution in [-0.4, -0.2) is 11.8 Å². The van der Waals surface area contributed by atoms with Gasteiger partial charge in [-0.05, 0) is 54.4 Å². The first-order chi connectivity index (χ1) is 14.8. The van der Waals surface area contributed by atoms with Gasteiger partial charge in [0.25, 0.3) is 11.8 Å². The number of halogens is 4. The van der Waals surface area contributed by atoms with E-state index in [0.717, 1.165) is 22.6 Å². The third-order valence-electron chi connectivity index (χ3n) is 4.84. The first-order valence-electron chi connectivity index (χ1n) is 9.13. The van der Waals surface area contributed by atoms with Gasteiger partial charge in [0.2, 0.25) is 0 Å². The number of nitrogens with one attached hydrogen (secondary N) is 1. The molecule has 4 nitrogen and oxygen atoms in total. The molecule has 8 heteroatoms. The summed E-state index contributed by atoms with van der Waals surface area (Å²) >= 11 is 12.0. The summed E-state index contributed by atoms with van der Waals surface area (Å²) in [5.74, 6) is -3.64. The Morgan fingerprint density at radius 3 is 2.16 bits per heavy atom. The predicted octanol–water partition coefficient (Wildman–Crippen LogP) is 5.98. The molecule has 156 valence electrons. The molecule has 0 spiro atoms. The van der Waals surface area contributed by atoms with Crippen LogP contribution in [0.2, 0.25) is 10.0 Å². The lowest BCUT2D eigenvalue weighted by Gasteiger charge is -2.16. The van der Waals surface area contributed by atoms with Gasteiger partial charge in [-0.15, -0.1) is 0 Å². The highest BCUT2D eigenvalue weighted by Crippen LogP contribution is 2.35. The van der Waals surface area contributed by atoms with Crippen LogP contribution in [-0.2, 0) is 9.59 Å². The predicted molar refractivity (Wildman–Crippen MR) is 117 cm³/mol. The Bertz CT molecular complexity index is 1260. The molecule has 4 rings (SSSR count). The van der Waals surface area contributed by atoms with Crippen LogP contribution in [0.5, 0.6) is 0 Å². The van der Waals surface area contributed by atoms with Gasteiger partial charge in [0, 0.05) is 21.8 Å². The molecule has 1 heterocycles. The Morgan fingerprint density at radius 1 is 0.806 bits per heavy atom. The number of amides is 2. The Labute approximate surface area is 186 Å². The van der Waals surface area contributed by atoms with Crippen molar-refractivity contribution in [2.45, 2.75) is 6.92 Å². The lowest BCUT2D eigenvalue weighted by atomic mass is 10.0. The number of imide groups is 1. The van der Waals surface area contributed by atoms with Crippen molar-refractivity contribution in [1.82, 2.24) is 0 Å². The fourth-order valence-electron chi connectivity index (χ4n) is 3.25. The van der Waals surface area contributed by atoms with Gasteiger partial charge in [-0.2, -0.15) is 0 Å².